The van der Waals surface area contributed by atoms with Gasteiger partial charge in [-0.05, 0) is 12.1 Å². The highest BCUT2D eigenvalue weighted by molar-refractivity contribution is 6.31. The number of alkyl halides is 4. The van der Waals surface area contributed by atoms with Crippen LogP contribution < -0.4 is 0 Å². The van der Waals surface area contributed by atoms with Gasteiger partial charge in [0.15, 0.2) is 5.69 Å². The molecule has 3 rings (SSSR count). The topological polar surface area (TPSA) is 46.5 Å². The van der Waals surface area contributed by atoms with E-state index in [0.717, 1.165) is 4.68 Å². The lowest BCUT2D eigenvalue weighted by Crippen LogP contribution is -2.09. The Morgan fingerprint density at radius 2 is 1.95 bits per heavy atom. The fourth-order valence-electron chi connectivity index (χ4n) is 1.96. The summed E-state index contributed by atoms with van der Waals surface area (Å²) in [5, 5.41) is 3.29. The first-order valence-electron chi connectivity index (χ1n) is 5.77. The molecule has 0 bridgehead atoms. The minimum atomic E-state index is -4.63. The van der Waals surface area contributed by atoms with E-state index in [4.69, 9.17) is 23.2 Å². The minimum Gasteiger partial charge on any atom is -0.322 e. The molecule has 0 radical (unpaired) electrons. The molecule has 2 aromatic heterocycles. The van der Waals surface area contributed by atoms with Gasteiger partial charge in [0.25, 0.3) is 0 Å². The van der Waals surface area contributed by atoms with Gasteiger partial charge in [-0.25, -0.2) is 4.98 Å². The number of nitrogens with one attached hydrogen (secondary N) is 1. The Kier molecular flexibility index (Phi) is 3.33. The van der Waals surface area contributed by atoms with Crippen molar-refractivity contribution >= 4 is 34.2 Å². The van der Waals surface area contributed by atoms with Crippen molar-refractivity contribution in [1.29, 1.82) is 0 Å². The standard InChI is InChI=1S/C12H7Cl2F3N4/c13-5-6-9(12(15,16)17)20-21(10(6)14)11-18-7-3-1-2-4-8(7)19-11/h1-4H,5H2,(H,18,19). The molecular formula is C12H7Cl2F3N4. The van der Waals surface area contributed by atoms with Gasteiger partial charge < -0.3 is 4.98 Å². The quantitative estimate of drug-likeness (QED) is 0.715. The fraction of sp³-hybridized carbons (Fsp3) is 0.167. The van der Waals surface area contributed by atoms with Crippen molar-refractivity contribution < 1.29 is 13.2 Å². The lowest BCUT2D eigenvalue weighted by molar-refractivity contribution is -0.141. The van der Waals surface area contributed by atoms with Crippen molar-refractivity contribution in [2.24, 2.45) is 0 Å². The second-order valence-corrected chi connectivity index (χ2v) is 4.86. The molecule has 1 N–H and O–H groups in total. The van der Waals surface area contributed by atoms with Gasteiger partial charge >= 0.3 is 6.18 Å². The monoisotopic (exact) mass is 334 g/mol. The number of hydrogen-bond donors (Lipinski definition) is 1. The number of aromatic nitrogens is 4. The van der Waals surface area contributed by atoms with E-state index in [1.807, 2.05) is 0 Å². The summed E-state index contributed by atoms with van der Waals surface area (Å²) in [4.78, 5) is 7.03. The average Bonchev–Trinajstić information content (AvgIpc) is 2.98. The van der Waals surface area contributed by atoms with Crippen LogP contribution in [0.15, 0.2) is 24.3 Å². The third-order valence-electron chi connectivity index (χ3n) is 2.90. The van der Waals surface area contributed by atoms with Gasteiger partial charge in [0.05, 0.1) is 16.9 Å². The number of benzene rings is 1. The van der Waals surface area contributed by atoms with Gasteiger partial charge in [-0.3, -0.25) is 0 Å². The molecule has 3 aromatic rings. The van der Waals surface area contributed by atoms with E-state index in [1.165, 1.54) is 0 Å². The van der Waals surface area contributed by atoms with E-state index in [0.29, 0.717) is 11.0 Å². The maximum atomic E-state index is 12.9. The summed E-state index contributed by atoms with van der Waals surface area (Å²) in [5.41, 5.74) is -0.116. The van der Waals surface area contributed by atoms with E-state index in [-0.39, 0.29) is 16.7 Å². The number of nitrogens with zero attached hydrogens (tertiary/aromatic N) is 3. The smallest absolute Gasteiger partial charge is 0.322 e. The summed E-state index contributed by atoms with van der Waals surface area (Å²) in [5.74, 6) is -0.295. The Labute approximate surface area is 126 Å². The zero-order valence-corrected chi connectivity index (χ0v) is 11.8. The number of para-hydroxylation sites is 2. The van der Waals surface area contributed by atoms with Gasteiger partial charge in [-0.1, -0.05) is 23.7 Å². The number of H-pyrrole nitrogens is 1. The molecule has 0 aliphatic heterocycles. The number of hydrogen-bond acceptors (Lipinski definition) is 2. The molecule has 4 nitrogen and oxygen atoms in total. The summed E-state index contributed by atoms with van der Waals surface area (Å²) >= 11 is 11.5. The Morgan fingerprint density at radius 3 is 2.52 bits per heavy atom. The van der Waals surface area contributed by atoms with Crippen LogP contribution >= 0.6 is 23.2 Å². The van der Waals surface area contributed by atoms with Crippen molar-refractivity contribution in [2.45, 2.75) is 12.1 Å². The van der Waals surface area contributed by atoms with Crippen molar-refractivity contribution in [3.63, 3.8) is 0 Å². The zero-order chi connectivity index (χ0) is 15.2. The molecule has 0 fully saturated rings. The number of fused-ring (bicyclic) bond motifs is 1. The normalized spacial score (nSPS) is 12.2. The largest absolute Gasteiger partial charge is 0.435 e. The number of aromatic amines is 1. The molecule has 0 aliphatic carbocycles. The summed E-state index contributed by atoms with van der Waals surface area (Å²) in [6.45, 7) is 0. The van der Waals surface area contributed by atoms with Crippen LogP contribution in [0.1, 0.15) is 11.3 Å². The third kappa shape index (κ3) is 2.36. The van der Waals surface area contributed by atoms with Crippen LogP contribution in [0.4, 0.5) is 13.2 Å². The van der Waals surface area contributed by atoms with Gasteiger partial charge in [0, 0.05) is 5.56 Å². The summed E-state index contributed by atoms with van der Waals surface area (Å²) in [6, 6.07) is 7.01. The highest BCUT2D eigenvalue weighted by atomic mass is 35.5. The van der Waals surface area contributed by atoms with E-state index >= 15 is 0 Å². The molecule has 110 valence electrons. The van der Waals surface area contributed by atoms with E-state index < -0.39 is 17.8 Å². The van der Waals surface area contributed by atoms with Crippen molar-refractivity contribution in [3.05, 3.63) is 40.7 Å². The highest BCUT2D eigenvalue weighted by Gasteiger charge is 2.39. The van der Waals surface area contributed by atoms with Crippen LogP contribution in [0.2, 0.25) is 5.15 Å². The van der Waals surface area contributed by atoms with Gasteiger partial charge in [-0.15, -0.1) is 11.6 Å². The van der Waals surface area contributed by atoms with Crippen molar-refractivity contribution in [2.75, 3.05) is 0 Å². The first-order valence-corrected chi connectivity index (χ1v) is 6.68. The molecule has 0 saturated carbocycles. The van der Waals surface area contributed by atoms with Crippen molar-refractivity contribution in [1.82, 2.24) is 19.7 Å². The molecule has 0 aliphatic rings. The third-order valence-corrected chi connectivity index (χ3v) is 3.56. The Morgan fingerprint density at radius 1 is 1.24 bits per heavy atom. The predicted octanol–water partition coefficient (Wildman–Crippen LogP) is 4.16. The predicted molar refractivity (Wildman–Crippen MR) is 72.8 cm³/mol. The second kappa shape index (κ2) is 4.92. The Hall–Kier alpha value is -1.73. The van der Waals surface area contributed by atoms with Crippen LogP contribution in [0, 0.1) is 0 Å². The van der Waals surface area contributed by atoms with Crippen LogP contribution in [0.3, 0.4) is 0 Å². The lowest BCUT2D eigenvalue weighted by Gasteiger charge is -2.02. The molecule has 0 amide bonds. The van der Waals surface area contributed by atoms with E-state index in [9.17, 15) is 13.2 Å². The number of halogens is 5. The first-order chi connectivity index (χ1) is 9.91. The first kappa shape index (κ1) is 14.2. The van der Waals surface area contributed by atoms with E-state index in [2.05, 4.69) is 15.1 Å². The number of rotatable bonds is 2. The SMILES string of the molecule is FC(F)(F)c1nn(-c2nc3ccccc3[nH]2)c(Cl)c1CCl. The molecule has 2 heterocycles. The highest BCUT2D eigenvalue weighted by Crippen LogP contribution is 2.36. The van der Waals surface area contributed by atoms with Crippen LogP contribution in [0.5, 0.6) is 0 Å². The zero-order valence-electron chi connectivity index (χ0n) is 10.2. The minimum absolute atomic E-state index is 0.100. The maximum absolute atomic E-state index is 12.9. The molecular weight excluding hydrogens is 328 g/mol. The summed E-state index contributed by atoms with van der Waals surface area (Å²) < 4.78 is 39.7. The Bertz CT molecular complexity index is 774. The van der Waals surface area contributed by atoms with Gasteiger partial charge in [0.2, 0.25) is 5.95 Å². The summed E-state index contributed by atoms with van der Waals surface area (Å²) in [7, 11) is 0. The van der Waals surface area contributed by atoms with Crippen LogP contribution in [-0.2, 0) is 12.1 Å². The maximum Gasteiger partial charge on any atom is 0.435 e. The van der Waals surface area contributed by atoms with Crippen molar-refractivity contribution in [3.8, 4) is 5.95 Å². The average molecular weight is 335 g/mol. The Balaban J connectivity index is 2.20. The summed E-state index contributed by atoms with van der Waals surface area (Å²) in [6.07, 6.45) is -4.63. The van der Waals surface area contributed by atoms with Crippen LogP contribution in [-0.4, -0.2) is 19.7 Å². The molecule has 0 saturated heterocycles. The fourth-order valence-corrected chi connectivity index (χ4v) is 2.55. The van der Waals surface area contributed by atoms with Crippen LogP contribution in [0.25, 0.3) is 17.0 Å². The van der Waals surface area contributed by atoms with Gasteiger partial charge in [-0.2, -0.15) is 23.0 Å². The lowest BCUT2D eigenvalue weighted by atomic mass is 10.3. The van der Waals surface area contributed by atoms with E-state index in [1.54, 1.807) is 24.3 Å². The molecule has 0 unspecified atom stereocenters. The molecule has 0 atom stereocenters. The molecule has 0 spiro atoms. The molecule has 1 aromatic carbocycles. The second-order valence-electron chi connectivity index (χ2n) is 4.24. The molecule has 9 heteroatoms. The van der Waals surface area contributed by atoms with Gasteiger partial charge in [0.1, 0.15) is 5.15 Å². The number of imidazole rings is 1. The molecule has 21 heavy (non-hydrogen) atoms.